The van der Waals surface area contributed by atoms with Gasteiger partial charge in [0, 0.05) is 18.1 Å². The van der Waals surface area contributed by atoms with E-state index < -0.39 is 0 Å². The van der Waals surface area contributed by atoms with Crippen LogP contribution in [0.2, 0.25) is 0 Å². The van der Waals surface area contributed by atoms with Crippen LogP contribution in [0.1, 0.15) is 26.2 Å². The van der Waals surface area contributed by atoms with Gasteiger partial charge in [0.05, 0.1) is 0 Å². The zero-order valence-corrected chi connectivity index (χ0v) is 6.51. The van der Waals surface area contributed by atoms with Gasteiger partial charge in [-0.15, -0.1) is 0 Å². The van der Waals surface area contributed by atoms with Crippen molar-refractivity contribution in [1.29, 1.82) is 0 Å². The molecule has 0 radical (unpaired) electrons. The number of hydrogen-bond acceptors (Lipinski definition) is 2. The molecule has 2 aliphatic carbocycles. The molecule has 0 aromatic heterocycles. The first-order valence-corrected chi connectivity index (χ1v) is 4.27. The molecule has 2 atom stereocenters. The van der Waals surface area contributed by atoms with E-state index in [0.29, 0.717) is 6.04 Å². The second-order valence-electron chi connectivity index (χ2n) is 3.91. The first kappa shape index (κ1) is 6.62. The van der Waals surface area contributed by atoms with Crippen molar-refractivity contribution in [1.82, 2.24) is 5.32 Å². The highest BCUT2D eigenvalue weighted by atomic mass is 15.0. The zero-order valence-electron chi connectivity index (χ0n) is 6.51. The Kier molecular flexibility index (Phi) is 1.46. The Morgan fingerprint density at radius 3 is 2.30 bits per heavy atom. The van der Waals surface area contributed by atoms with Gasteiger partial charge in [0.25, 0.3) is 0 Å². The maximum absolute atomic E-state index is 5.66. The molecule has 2 nitrogen and oxygen atoms in total. The molecule has 58 valence electrons. The van der Waals surface area contributed by atoms with E-state index in [9.17, 15) is 0 Å². The van der Waals surface area contributed by atoms with Crippen molar-refractivity contribution in [3.05, 3.63) is 0 Å². The molecule has 2 saturated carbocycles. The van der Waals surface area contributed by atoms with Crippen molar-refractivity contribution in [2.75, 3.05) is 0 Å². The molecule has 2 rings (SSSR count). The average molecular weight is 140 g/mol. The predicted octanol–water partition coefficient (Wildman–Crippen LogP) is 0.474. The smallest absolute Gasteiger partial charge is 0.00992 e. The number of nitrogens with two attached hydrogens (primary N) is 1. The van der Waals surface area contributed by atoms with E-state index in [4.69, 9.17) is 5.73 Å². The molecule has 0 amide bonds. The molecule has 2 aliphatic rings. The Morgan fingerprint density at radius 2 is 1.90 bits per heavy atom. The van der Waals surface area contributed by atoms with Crippen LogP contribution in [-0.2, 0) is 0 Å². The van der Waals surface area contributed by atoms with Crippen molar-refractivity contribution in [2.45, 2.75) is 44.3 Å². The van der Waals surface area contributed by atoms with Crippen LogP contribution in [-0.4, -0.2) is 18.1 Å². The lowest BCUT2D eigenvalue weighted by atomic mass is 9.87. The summed E-state index contributed by atoms with van der Waals surface area (Å²) < 4.78 is 0. The third kappa shape index (κ3) is 1.18. The highest BCUT2D eigenvalue weighted by molar-refractivity contribution is 4.97. The van der Waals surface area contributed by atoms with Gasteiger partial charge in [-0.3, -0.25) is 0 Å². The average Bonchev–Trinajstić information content (AvgIpc) is 2.43. The maximum Gasteiger partial charge on any atom is 0.00992 e. The summed E-state index contributed by atoms with van der Waals surface area (Å²) in [6.45, 7) is 2.30. The van der Waals surface area contributed by atoms with Crippen molar-refractivity contribution < 1.29 is 0 Å². The first-order valence-electron chi connectivity index (χ1n) is 4.27. The second-order valence-corrected chi connectivity index (χ2v) is 3.91. The van der Waals surface area contributed by atoms with E-state index in [2.05, 4.69) is 12.2 Å². The molecule has 0 saturated heterocycles. The molecular weight excluding hydrogens is 124 g/mol. The monoisotopic (exact) mass is 140 g/mol. The molecule has 3 N–H and O–H groups in total. The van der Waals surface area contributed by atoms with E-state index in [1.807, 2.05) is 0 Å². The molecule has 0 aliphatic heterocycles. The van der Waals surface area contributed by atoms with Crippen LogP contribution < -0.4 is 11.1 Å². The van der Waals surface area contributed by atoms with Gasteiger partial charge in [-0.2, -0.15) is 0 Å². The lowest BCUT2D eigenvalue weighted by Crippen LogP contribution is -2.49. The van der Waals surface area contributed by atoms with E-state index in [-0.39, 0.29) is 0 Å². The van der Waals surface area contributed by atoms with Gasteiger partial charge in [0.1, 0.15) is 0 Å². The van der Waals surface area contributed by atoms with Gasteiger partial charge in [-0.1, -0.05) is 6.92 Å². The third-order valence-corrected chi connectivity index (χ3v) is 2.73. The molecule has 0 aromatic rings. The third-order valence-electron chi connectivity index (χ3n) is 2.73. The molecule has 0 bridgehead atoms. The highest BCUT2D eigenvalue weighted by Gasteiger charge is 2.37. The summed E-state index contributed by atoms with van der Waals surface area (Å²) in [5, 5.41) is 3.59. The number of rotatable bonds is 2. The van der Waals surface area contributed by atoms with Crippen molar-refractivity contribution in [3.8, 4) is 0 Å². The normalized spacial score (nSPS) is 52.2. The van der Waals surface area contributed by atoms with Crippen LogP contribution in [0.3, 0.4) is 0 Å². The molecule has 10 heavy (non-hydrogen) atoms. The SMILES string of the molecule is C[C@@H]1C[C@H]1NC1CC(N)C1. The summed E-state index contributed by atoms with van der Waals surface area (Å²) >= 11 is 0. The minimum absolute atomic E-state index is 0.492. The van der Waals surface area contributed by atoms with Gasteiger partial charge in [-0.25, -0.2) is 0 Å². The van der Waals surface area contributed by atoms with E-state index in [1.54, 1.807) is 0 Å². The molecule has 0 aromatic carbocycles. The van der Waals surface area contributed by atoms with Crippen LogP contribution in [0.4, 0.5) is 0 Å². The molecular formula is C8H16N2. The van der Waals surface area contributed by atoms with Gasteiger partial charge in [-0.05, 0) is 25.2 Å². The molecule has 0 heterocycles. The van der Waals surface area contributed by atoms with Crippen molar-refractivity contribution in [2.24, 2.45) is 11.7 Å². The van der Waals surface area contributed by atoms with Crippen LogP contribution in [0.15, 0.2) is 0 Å². The predicted molar refractivity (Wildman–Crippen MR) is 41.7 cm³/mol. The summed E-state index contributed by atoms with van der Waals surface area (Å²) in [5.74, 6) is 0.928. The Balaban J connectivity index is 1.64. The Bertz CT molecular complexity index is 129. The van der Waals surface area contributed by atoms with Crippen LogP contribution in [0.5, 0.6) is 0 Å². The number of nitrogens with one attached hydrogen (secondary N) is 1. The minimum Gasteiger partial charge on any atom is -0.328 e. The zero-order chi connectivity index (χ0) is 7.14. The molecule has 0 unspecified atom stereocenters. The lowest BCUT2D eigenvalue weighted by molar-refractivity contribution is 0.287. The second kappa shape index (κ2) is 2.21. The van der Waals surface area contributed by atoms with E-state index in [0.717, 1.165) is 18.0 Å². The molecule has 0 spiro atoms. The van der Waals surface area contributed by atoms with Crippen LogP contribution in [0, 0.1) is 5.92 Å². The first-order chi connectivity index (χ1) is 4.75. The summed E-state index contributed by atoms with van der Waals surface area (Å²) in [7, 11) is 0. The maximum atomic E-state index is 5.66. The van der Waals surface area contributed by atoms with Crippen LogP contribution in [0.25, 0.3) is 0 Å². The van der Waals surface area contributed by atoms with E-state index >= 15 is 0 Å². The van der Waals surface area contributed by atoms with E-state index in [1.165, 1.54) is 19.3 Å². The molecule has 2 heteroatoms. The van der Waals surface area contributed by atoms with Gasteiger partial charge < -0.3 is 11.1 Å². The van der Waals surface area contributed by atoms with Gasteiger partial charge in [0.15, 0.2) is 0 Å². The Hall–Kier alpha value is -0.0800. The summed E-state index contributed by atoms with van der Waals surface area (Å²) in [4.78, 5) is 0. The fraction of sp³-hybridized carbons (Fsp3) is 1.00. The van der Waals surface area contributed by atoms with Crippen molar-refractivity contribution in [3.63, 3.8) is 0 Å². The Labute approximate surface area is 62.2 Å². The fourth-order valence-electron chi connectivity index (χ4n) is 1.65. The van der Waals surface area contributed by atoms with Crippen LogP contribution >= 0.6 is 0 Å². The summed E-state index contributed by atoms with van der Waals surface area (Å²) in [6.07, 6.45) is 3.78. The molecule has 2 fully saturated rings. The standard InChI is InChI=1S/C8H16N2/c1-5-2-8(5)10-7-3-6(9)4-7/h5-8,10H,2-4,9H2,1H3/t5-,6?,7?,8-/m1/s1. The largest absolute Gasteiger partial charge is 0.328 e. The highest BCUT2D eigenvalue weighted by Crippen LogP contribution is 2.32. The quantitative estimate of drug-likeness (QED) is 0.585. The van der Waals surface area contributed by atoms with Crippen molar-refractivity contribution >= 4 is 0 Å². The summed E-state index contributed by atoms with van der Waals surface area (Å²) in [6, 6.07) is 2.08. The summed E-state index contributed by atoms with van der Waals surface area (Å²) in [5.41, 5.74) is 5.66. The number of hydrogen-bond donors (Lipinski definition) is 2. The fourth-order valence-corrected chi connectivity index (χ4v) is 1.65. The van der Waals surface area contributed by atoms with Gasteiger partial charge >= 0.3 is 0 Å². The Morgan fingerprint density at radius 1 is 1.30 bits per heavy atom. The minimum atomic E-state index is 0.492. The lowest BCUT2D eigenvalue weighted by Gasteiger charge is -2.33. The van der Waals surface area contributed by atoms with Gasteiger partial charge in [0.2, 0.25) is 0 Å². The topological polar surface area (TPSA) is 38.0 Å².